The van der Waals surface area contributed by atoms with Crippen LogP contribution in [0.3, 0.4) is 0 Å². The lowest BCUT2D eigenvalue weighted by Gasteiger charge is -2.20. The van der Waals surface area contributed by atoms with Gasteiger partial charge in [-0.15, -0.1) is 0 Å². The molecular weight excluding hydrogens is 324 g/mol. The van der Waals surface area contributed by atoms with Crippen molar-refractivity contribution in [1.29, 1.82) is 0 Å². The van der Waals surface area contributed by atoms with Gasteiger partial charge in [0.1, 0.15) is 5.60 Å². The Hall–Kier alpha value is -1.99. The van der Waals surface area contributed by atoms with Gasteiger partial charge in [0.25, 0.3) is 0 Å². The first-order chi connectivity index (χ1) is 11.8. The van der Waals surface area contributed by atoms with Gasteiger partial charge < -0.3 is 30.4 Å². The minimum absolute atomic E-state index is 0.129. The molecule has 0 bridgehead atoms. The summed E-state index contributed by atoms with van der Waals surface area (Å²) in [6.07, 6.45) is 1.09. The Labute approximate surface area is 150 Å². The van der Waals surface area contributed by atoms with Gasteiger partial charge in [-0.25, -0.2) is 4.79 Å². The molecule has 0 aliphatic heterocycles. The van der Waals surface area contributed by atoms with E-state index in [2.05, 4.69) is 5.32 Å². The van der Waals surface area contributed by atoms with E-state index in [4.69, 9.17) is 25.1 Å². The molecule has 7 nitrogen and oxygen atoms in total. The first-order valence-corrected chi connectivity index (χ1v) is 8.16. The number of nitrogens with two attached hydrogens (primary N) is 1. The van der Waals surface area contributed by atoms with Crippen molar-refractivity contribution in [3.05, 3.63) is 23.8 Å². The standard InChI is InChI=1S/C17H28N2O4.CH4O/c1-17(2,3)23-16(20)19-10-6-7-13(18)12-8-9-14(21-4)15(11-12)22-5;1-2/h8-9,11,13H,6-7,10,18H2,1-5H3,(H,19,20);2H,1H3. The average Bonchev–Trinajstić information content (AvgIpc) is 2.58. The molecule has 1 rings (SSSR count). The van der Waals surface area contributed by atoms with E-state index in [9.17, 15) is 4.79 Å². The van der Waals surface area contributed by atoms with E-state index in [0.717, 1.165) is 25.5 Å². The highest BCUT2D eigenvalue weighted by molar-refractivity contribution is 5.67. The number of carbonyl (C=O) groups excluding carboxylic acids is 1. The third-order valence-electron chi connectivity index (χ3n) is 3.20. The van der Waals surface area contributed by atoms with Gasteiger partial charge in [-0.2, -0.15) is 0 Å². The van der Waals surface area contributed by atoms with Crippen molar-refractivity contribution >= 4 is 6.09 Å². The van der Waals surface area contributed by atoms with E-state index in [-0.39, 0.29) is 6.04 Å². The zero-order chi connectivity index (χ0) is 19.5. The maximum absolute atomic E-state index is 11.5. The van der Waals surface area contributed by atoms with Crippen LogP contribution in [0.4, 0.5) is 4.79 Å². The van der Waals surface area contributed by atoms with Crippen molar-refractivity contribution in [2.45, 2.75) is 45.3 Å². The number of nitrogens with one attached hydrogen (secondary N) is 1. The predicted octanol–water partition coefficient (Wildman–Crippen LogP) is 2.62. The third kappa shape index (κ3) is 9.16. The topological polar surface area (TPSA) is 103 Å². The van der Waals surface area contributed by atoms with Gasteiger partial charge in [-0.1, -0.05) is 6.07 Å². The van der Waals surface area contributed by atoms with Crippen molar-refractivity contribution in [1.82, 2.24) is 5.32 Å². The molecule has 1 unspecified atom stereocenters. The lowest BCUT2D eigenvalue weighted by molar-refractivity contribution is 0.0526. The van der Waals surface area contributed by atoms with E-state index < -0.39 is 11.7 Å². The molecule has 0 radical (unpaired) electrons. The molecule has 0 aromatic heterocycles. The van der Waals surface area contributed by atoms with Crippen LogP contribution in [0.1, 0.15) is 45.2 Å². The molecule has 0 aliphatic carbocycles. The number of benzene rings is 1. The van der Waals surface area contributed by atoms with Gasteiger partial charge in [0.15, 0.2) is 11.5 Å². The van der Waals surface area contributed by atoms with Crippen LogP contribution in [0.2, 0.25) is 0 Å². The van der Waals surface area contributed by atoms with Gasteiger partial charge >= 0.3 is 6.09 Å². The molecule has 25 heavy (non-hydrogen) atoms. The highest BCUT2D eigenvalue weighted by Crippen LogP contribution is 2.30. The molecule has 1 amide bonds. The predicted molar refractivity (Wildman–Crippen MR) is 98.1 cm³/mol. The molecule has 144 valence electrons. The Morgan fingerprint density at radius 2 is 1.80 bits per heavy atom. The van der Waals surface area contributed by atoms with E-state index >= 15 is 0 Å². The molecule has 0 saturated heterocycles. The van der Waals surface area contributed by atoms with Gasteiger partial charge in [0.05, 0.1) is 14.2 Å². The fraction of sp³-hybridized carbons (Fsp3) is 0.611. The average molecular weight is 356 g/mol. The number of methoxy groups -OCH3 is 2. The summed E-state index contributed by atoms with van der Waals surface area (Å²) in [5.41, 5.74) is 6.67. The number of ether oxygens (including phenoxy) is 3. The van der Waals surface area contributed by atoms with Gasteiger partial charge in [0.2, 0.25) is 0 Å². The number of alkyl carbamates (subject to hydrolysis) is 1. The lowest BCUT2D eigenvalue weighted by atomic mass is 10.0. The summed E-state index contributed by atoms with van der Waals surface area (Å²) in [4.78, 5) is 11.5. The Morgan fingerprint density at radius 1 is 1.20 bits per heavy atom. The molecule has 4 N–H and O–H groups in total. The second-order valence-corrected chi connectivity index (χ2v) is 6.29. The summed E-state index contributed by atoms with van der Waals surface area (Å²) in [6.45, 7) is 6.02. The summed E-state index contributed by atoms with van der Waals surface area (Å²) in [7, 11) is 4.19. The number of carbonyl (C=O) groups is 1. The molecule has 1 atom stereocenters. The van der Waals surface area contributed by atoms with Crippen LogP contribution in [0.5, 0.6) is 11.5 Å². The van der Waals surface area contributed by atoms with Crippen LogP contribution in [-0.2, 0) is 4.74 Å². The SMILES string of the molecule is CO.COc1ccc(C(N)CCCNC(=O)OC(C)(C)C)cc1OC. The van der Waals surface area contributed by atoms with E-state index in [1.165, 1.54) is 0 Å². The highest BCUT2D eigenvalue weighted by atomic mass is 16.6. The molecular formula is C18H32N2O5. The third-order valence-corrected chi connectivity index (χ3v) is 3.20. The number of aliphatic hydroxyl groups is 1. The van der Waals surface area contributed by atoms with Crippen molar-refractivity contribution in [2.24, 2.45) is 5.73 Å². The van der Waals surface area contributed by atoms with Crippen LogP contribution in [0.25, 0.3) is 0 Å². The zero-order valence-corrected chi connectivity index (χ0v) is 16.1. The van der Waals surface area contributed by atoms with Crippen molar-refractivity contribution in [3.8, 4) is 11.5 Å². The summed E-state index contributed by atoms with van der Waals surface area (Å²) < 4.78 is 15.7. The minimum atomic E-state index is -0.486. The smallest absolute Gasteiger partial charge is 0.407 e. The lowest BCUT2D eigenvalue weighted by Crippen LogP contribution is -2.33. The van der Waals surface area contributed by atoms with Crippen LogP contribution in [0.15, 0.2) is 18.2 Å². The first kappa shape index (κ1) is 23.0. The number of hydrogen-bond acceptors (Lipinski definition) is 6. The first-order valence-electron chi connectivity index (χ1n) is 8.16. The molecule has 0 spiro atoms. The Morgan fingerprint density at radius 3 is 2.32 bits per heavy atom. The van der Waals surface area contributed by atoms with Crippen molar-refractivity contribution in [3.63, 3.8) is 0 Å². The maximum Gasteiger partial charge on any atom is 0.407 e. The molecule has 1 aromatic rings. The quantitative estimate of drug-likeness (QED) is 0.649. The van der Waals surface area contributed by atoms with Crippen LogP contribution >= 0.6 is 0 Å². The number of amides is 1. The summed E-state index contributed by atoms with van der Waals surface area (Å²) in [5, 5.41) is 9.73. The molecule has 0 saturated carbocycles. The van der Waals surface area contributed by atoms with Crippen molar-refractivity contribution < 1.29 is 24.1 Å². The minimum Gasteiger partial charge on any atom is -0.493 e. The largest absolute Gasteiger partial charge is 0.493 e. The van der Waals surface area contributed by atoms with Crippen LogP contribution in [0, 0.1) is 0 Å². The maximum atomic E-state index is 11.5. The van der Waals surface area contributed by atoms with Crippen LogP contribution < -0.4 is 20.5 Å². The normalized spacial score (nSPS) is 11.7. The molecule has 0 fully saturated rings. The second kappa shape index (κ2) is 11.5. The molecule has 7 heteroatoms. The van der Waals surface area contributed by atoms with Crippen molar-refractivity contribution in [2.75, 3.05) is 27.9 Å². The fourth-order valence-electron chi connectivity index (χ4n) is 2.08. The highest BCUT2D eigenvalue weighted by Gasteiger charge is 2.16. The summed E-state index contributed by atoms with van der Waals surface area (Å²) >= 11 is 0. The number of aliphatic hydroxyl groups excluding tert-OH is 1. The number of hydrogen-bond donors (Lipinski definition) is 3. The zero-order valence-electron chi connectivity index (χ0n) is 16.1. The fourth-order valence-corrected chi connectivity index (χ4v) is 2.08. The van der Waals surface area contributed by atoms with E-state index in [1.54, 1.807) is 14.2 Å². The summed E-state index contributed by atoms with van der Waals surface area (Å²) in [5.74, 6) is 1.34. The Kier molecular flexibility index (Phi) is 10.6. The van der Waals surface area contributed by atoms with Gasteiger partial charge in [-0.3, -0.25) is 0 Å². The van der Waals surface area contributed by atoms with E-state index in [0.29, 0.717) is 18.0 Å². The Balaban J connectivity index is 0.00000277. The molecule has 0 aliphatic rings. The molecule has 0 heterocycles. The monoisotopic (exact) mass is 356 g/mol. The molecule has 1 aromatic carbocycles. The summed E-state index contributed by atoms with van der Waals surface area (Å²) in [6, 6.07) is 5.51. The van der Waals surface area contributed by atoms with Crippen LogP contribution in [-0.4, -0.2) is 44.7 Å². The Bertz CT molecular complexity index is 515. The second-order valence-electron chi connectivity index (χ2n) is 6.29. The van der Waals surface area contributed by atoms with E-state index in [1.807, 2.05) is 39.0 Å². The number of rotatable bonds is 7. The van der Waals surface area contributed by atoms with Gasteiger partial charge in [-0.05, 0) is 51.3 Å². The van der Waals surface area contributed by atoms with Gasteiger partial charge in [0, 0.05) is 19.7 Å².